The highest BCUT2D eigenvalue weighted by Gasteiger charge is 2.33. The van der Waals surface area contributed by atoms with E-state index in [1.165, 1.54) is 23.1 Å². The van der Waals surface area contributed by atoms with Gasteiger partial charge in [0.15, 0.2) is 0 Å². The number of benzene rings is 3. The number of nitrogens with zero attached hydrogens (tertiary/aromatic N) is 2. The van der Waals surface area contributed by atoms with E-state index in [4.69, 9.17) is 16.3 Å². The predicted molar refractivity (Wildman–Crippen MR) is 158 cm³/mol. The van der Waals surface area contributed by atoms with E-state index in [1.54, 1.807) is 50.4 Å². The summed E-state index contributed by atoms with van der Waals surface area (Å²) in [6.45, 7) is 7.26. The lowest BCUT2D eigenvalue weighted by Crippen LogP contribution is -2.52. The number of hydrogen-bond donors (Lipinski definition) is 1. The molecule has 3 aromatic carbocycles. The molecule has 40 heavy (non-hydrogen) atoms. The van der Waals surface area contributed by atoms with Crippen LogP contribution in [0.1, 0.15) is 37.0 Å². The zero-order valence-electron chi connectivity index (χ0n) is 23.5. The molecule has 0 aliphatic heterocycles. The first-order chi connectivity index (χ1) is 19.0. The van der Waals surface area contributed by atoms with Gasteiger partial charge in [0.05, 0.1) is 17.7 Å². The lowest BCUT2D eigenvalue weighted by atomic mass is 10.1. The second kappa shape index (κ2) is 13.7. The number of anilines is 1. The molecule has 214 valence electrons. The van der Waals surface area contributed by atoms with Crippen LogP contribution in [0.2, 0.25) is 5.02 Å². The molecule has 0 saturated carbocycles. The SMILES string of the molecule is CCNC(=O)C(CC)N(Cc1ccc(OC)cc1)C(=O)CN(c1ccc(C)c(Cl)c1)S(=O)(=O)c1ccc(C)cc1. The van der Waals surface area contributed by atoms with Crippen LogP contribution in [0.25, 0.3) is 0 Å². The van der Waals surface area contributed by atoms with Gasteiger partial charge in [-0.05, 0) is 74.7 Å². The van der Waals surface area contributed by atoms with Gasteiger partial charge in [0, 0.05) is 18.1 Å². The van der Waals surface area contributed by atoms with Gasteiger partial charge in [-0.25, -0.2) is 8.42 Å². The van der Waals surface area contributed by atoms with Crippen molar-refractivity contribution in [2.24, 2.45) is 0 Å². The van der Waals surface area contributed by atoms with Crippen LogP contribution in [0.15, 0.2) is 71.6 Å². The first kappa shape index (κ1) is 31.0. The van der Waals surface area contributed by atoms with E-state index >= 15 is 0 Å². The van der Waals surface area contributed by atoms with Crippen molar-refractivity contribution in [3.63, 3.8) is 0 Å². The molecule has 0 aliphatic rings. The topological polar surface area (TPSA) is 96.0 Å². The number of amides is 2. The number of hydrogen-bond acceptors (Lipinski definition) is 5. The zero-order chi connectivity index (χ0) is 29.4. The zero-order valence-corrected chi connectivity index (χ0v) is 25.1. The predicted octanol–water partition coefficient (Wildman–Crippen LogP) is 5.10. The fourth-order valence-corrected chi connectivity index (χ4v) is 5.82. The molecule has 1 atom stereocenters. The second-order valence-corrected chi connectivity index (χ2v) is 11.7. The molecule has 1 N–H and O–H groups in total. The Balaban J connectivity index is 2.07. The van der Waals surface area contributed by atoms with Crippen LogP contribution in [-0.4, -0.2) is 51.4 Å². The molecule has 0 radical (unpaired) electrons. The van der Waals surface area contributed by atoms with Gasteiger partial charge in [-0.1, -0.05) is 54.4 Å². The van der Waals surface area contributed by atoms with Crippen molar-refractivity contribution in [2.75, 3.05) is 24.5 Å². The molecule has 3 rings (SSSR count). The fraction of sp³-hybridized carbons (Fsp3) is 0.333. The molecule has 0 bridgehead atoms. The van der Waals surface area contributed by atoms with Crippen molar-refractivity contribution in [3.05, 3.63) is 88.4 Å². The summed E-state index contributed by atoms with van der Waals surface area (Å²) in [5.74, 6) is -0.177. The van der Waals surface area contributed by atoms with E-state index in [0.717, 1.165) is 21.0 Å². The minimum atomic E-state index is -4.16. The van der Waals surface area contributed by atoms with Gasteiger partial charge < -0.3 is 15.0 Å². The van der Waals surface area contributed by atoms with E-state index in [2.05, 4.69) is 5.32 Å². The molecule has 0 heterocycles. The maximum Gasteiger partial charge on any atom is 0.264 e. The summed E-state index contributed by atoms with van der Waals surface area (Å²) < 4.78 is 34.1. The van der Waals surface area contributed by atoms with E-state index in [0.29, 0.717) is 23.7 Å². The van der Waals surface area contributed by atoms with Gasteiger partial charge in [0.25, 0.3) is 10.0 Å². The van der Waals surface area contributed by atoms with Crippen molar-refractivity contribution >= 4 is 39.1 Å². The number of carbonyl (C=O) groups excluding carboxylic acids is 2. The van der Waals surface area contributed by atoms with E-state index in [1.807, 2.05) is 32.9 Å². The number of sulfonamides is 1. The summed E-state index contributed by atoms with van der Waals surface area (Å²) >= 11 is 6.38. The Kier molecular flexibility index (Phi) is 10.6. The maximum absolute atomic E-state index is 14.0. The van der Waals surface area contributed by atoms with Gasteiger partial charge in [0.2, 0.25) is 11.8 Å². The minimum absolute atomic E-state index is 0.0417. The molecule has 0 saturated heterocycles. The summed E-state index contributed by atoms with van der Waals surface area (Å²) in [5.41, 5.74) is 2.69. The summed E-state index contributed by atoms with van der Waals surface area (Å²) in [7, 11) is -2.60. The molecule has 1 unspecified atom stereocenters. The Bertz CT molecular complexity index is 1430. The Hall–Kier alpha value is -3.56. The Morgan fingerprint density at radius 2 is 1.62 bits per heavy atom. The number of halogens is 1. The van der Waals surface area contributed by atoms with Crippen LogP contribution >= 0.6 is 11.6 Å². The molecular formula is C30H36ClN3O5S. The maximum atomic E-state index is 14.0. The summed E-state index contributed by atoms with van der Waals surface area (Å²) in [4.78, 5) is 28.5. The molecule has 0 aliphatic carbocycles. The molecule has 0 fully saturated rings. The summed E-state index contributed by atoms with van der Waals surface area (Å²) in [6.07, 6.45) is 0.342. The van der Waals surface area contributed by atoms with Crippen LogP contribution in [-0.2, 0) is 26.2 Å². The van der Waals surface area contributed by atoms with Crippen LogP contribution in [0.3, 0.4) is 0 Å². The average molecular weight is 586 g/mol. The van der Waals surface area contributed by atoms with Crippen LogP contribution in [0, 0.1) is 13.8 Å². The fourth-order valence-electron chi connectivity index (χ4n) is 4.24. The van der Waals surface area contributed by atoms with Crippen molar-refractivity contribution in [2.45, 2.75) is 51.6 Å². The van der Waals surface area contributed by atoms with Crippen LogP contribution in [0.5, 0.6) is 5.75 Å². The lowest BCUT2D eigenvalue weighted by Gasteiger charge is -2.33. The first-order valence-electron chi connectivity index (χ1n) is 13.1. The van der Waals surface area contributed by atoms with Crippen molar-refractivity contribution < 1.29 is 22.7 Å². The molecule has 10 heteroatoms. The third kappa shape index (κ3) is 7.34. The summed E-state index contributed by atoms with van der Waals surface area (Å²) in [6, 6.07) is 17.6. The number of methoxy groups -OCH3 is 1. The highest BCUT2D eigenvalue weighted by atomic mass is 35.5. The molecule has 0 aromatic heterocycles. The number of carbonyl (C=O) groups is 2. The largest absolute Gasteiger partial charge is 0.497 e. The molecule has 3 aromatic rings. The second-order valence-electron chi connectivity index (χ2n) is 9.45. The van der Waals surface area contributed by atoms with E-state index in [9.17, 15) is 18.0 Å². The average Bonchev–Trinajstić information content (AvgIpc) is 2.93. The van der Waals surface area contributed by atoms with E-state index < -0.39 is 28.5 Å². The Labute approximate surface area is 241 Å². The molecule has 2 amide bonds. The third-order valence-electron chi connectivity index (χ3n) is 6.58. The molecular weight excluding hydrogens is 550 g/mol. The third-order valence-corrected chi connectivity index (χ3v) is 8.78. The normalized spacial score (nSPS) is 11.9. The Morgan fingerprint density at radius 3 is 2.17 bits per heavy atom. The monoisotopic (exact) mass is 585 g/mol. The van der Waals surface area contributed by atoms with E-state index in [-0.39, 0.29) is 23.0 Å². The van der Waals surface area contributed by atoms with Crippen molar-refractivity contribution in [1.82, 2.24) is 10.2 Å². The standard InChI is InChI=1S/C30H36ClN3O5S/c1-6-28(30(36)32-7-2)33(19-23-11-14-25(39-5)15-12-23)29(35)20-34(24-13-10-22(4)27(31)18-24)40(37,38)26-16-8-21(3)9-17-26/h8-18,28H,6-7,19-20H2,1-5H3,(H,32,36). The van der Waals surface area contributed by atoms with Gasteiger partial charge in [-0.15, -0.1) is 0 Å². The first-order valence-corrected chi connectivity index (χ1v) is 14.9. The smallest absolute Gasteiger partial charge is 0.264 e. The number of aryl methyl sites for hydroxylation is 2. The van der Waals surface area contributed by atoms with Gasteiger partial charge >= 0.3 is 0 Å². The van der Waals surface area contributed by atoms with Crippen LogP contribution in [0.4, 0.5) is 5.69 Å². The number of rotatable bonds is 12. The van der Waals surface area contributed by atoms with Crippen LogP contribution < -0.4 is 14.4 Å². The number of nitrogens with one attached hydrogen (secondary N) is 1. The van der Waals surface area contributed by atoms with Gasteiger partial charge in [-0.2, -0.15) is 0 Å². The quantitative estimate of drug-likeness (QED) is 0.319. The lowest BCUT2D eigenvalue weighted by molar-refractivity contribution is -0.140. The number of ether oxygens (including phenoxy) is 1. The van der Waals surface area contributed by atoms with Crippen molar-refractivity contribution in [1.29, 1.82) is 0 Å². The highest BCUT2D eigenvalue weighted by Crippen LogP contribution is 2.29. The number of likely N-dealkylation sites (N-methyl/N-ethyl adjacent to an activating group) is 1. The highest BCUT2D eigenvalue weighted by molar-refractivity contribution is 7.92. The summed E-state index contributed by atoms with van der Waals surface area (Å²) in [5, 5.41) is 3.17. The van der Waals surface area contributed by atoms with Gasteiger partial charge in [-0.3, -0.25) is 13.9 Å². The Morgan fingerprint density at radius 1 is 0.975 bits per heavy atom. The molecule has 0 spiro atoms. The van der Waals surface area contributed by atoms with Crippen molar-refractivity contribution in [3.8, 4) is 5.75 Å². The van der Waals surface area contributed by atoms with Gasteiger partial charge in [0.1, 0.15) is 18.3 Å². The molecule has 8 nitrogen and oxygen atoms in total. The minimum Gasteiger partial charge on any atom is -0.497 e.